The number of benzene rings is 5. The van der Waals surface area contributed by atoms with Crippen LogP contribution in [0.1, 0.15) is 18.1 Å². The van der Waals surface area contributed by atoms with Crippen LogP contribution in [0.2, 0.25) is 0 Å². The van der Waals surface area contributed by atoms with E-state index in [0.717, 1.165) is 72.8 Å². The van der Waals surface area contributed by atoms with Crippen LogP contribution in [-0.2, 0) is 0 Å². The Labute approximate surface area is 242 Å². The lowest BCUT2D eigenvalue weighted by Crippen LogP contribution is -2.57. The van der Waals surface area contributed by atoms with Crippen molar-refractivity contribution >= 4 is 28.7 Å². The van der Waals surface area contributed by atoms with Gasteiger partial charge < -0.3 is 9.47 Å². The molecule has 0 spiro atoms. The first-order chi connectivity index (χ1) is 20.1. The van der Waals surface area contributed by atoms with E-state index in [4.69, 9.17) is 9.47 Å². The highest BCUT2D eigenvalue weighted by Gasteiger charge is 2.41. The Kier molecular flexibility index (Phi) is 6.01. The van der Waals surface area contributed by atoms with Crippen molar-refractivity contribution in [3.05, 3.63) is 145 Å². The van der Waals surface area contributed by atoms with Crippen molar-refractivity contribution in [3.63, 3.8) is 0 Å². The summed E-state index contributed by atoms with van der Waals surface area (Å²) >= 11 is 0. The lowest BCUT2D eigenvalue weighted by atomic mass is 9.34. The molecular weight excluding hydrogens is 499 g/mol. The molecule has 2 aliphatic rings. The van der Waals surface area contributed by atoms with Crippen molar-refractivity contribution in [3.8, 4) is 45.3 Å². The topological polar surface area (TPSA) is 18.5 Å². The average molecular weight is 528 g/mol. The monoisotopic (exact) mass is 528 g/mol. The maximum atomic E-state index is 6.84. The number of hydrogen-bond donors (Lipinski definition) is 0. The molecule has 0 radical (unpaired) electrons. The summed E-state index contributed by atoms with van der Waals surface area (Å²) in [4.78, 5) is 0. The smallest absolute Gasteiger partial charge is 0.260 e. The molecule has 5 aromatic carbocycles. The van der Waals surface area contributed by atoms with Gasteiger partial charge in [-0.15, -0.1) is 0 Å². The van der Waals surface area contributed by atoms with Crippen molar-refractivity contribution in [1.29, 1.82) is 0 Å². The quantitative estimate of drug-likeness (QED) is 0.166. The second-order valence-electron chi connectivity index (χ2n) is 10.7. The van der Waals surface area contributed by atoms with Gasteiger partial charge in [0, 0.05) is 11.0 Å². The third-order valence-electron chi connectivity index (χ3n) is 8.31. The second-order valence-corrected chi connectivity index (χ2v) is 10.7. The maximum Gasteiger partial charge on any atom is 0.260 e. The van der Waals surface area contributed by atoms with Crippen LogP contribution < -0.4 is 25.9 Å². The Morgan fingerprint density at radius 2 is 1.39 bits per heavy atom. The molecule has 0 saturated carbocycles. The molecule has 3 heteroatoms. The van der Waals surface area contributed by atoms with Crippen molar-refractivity contribution in [1.82, 2.24) is 0 Å². The molecule has 0 atom stereocenters. The summed E-state index contributed by atoms with van der Waals surface area (Å²) in [6.07, 6.45) is 3.75. The lowest BCUT2D eigenvalue weighted by Gasteiger charge is -2.34. The highest BCUT2D eigenvalue weighted by Crippen LogP contribution is 2.42. The van der Waals surface area contributed by atoms with E-state index in [1.807, 2.05) is 18.2 Å². The molecule has 0 saturated heterocycles. The van der Waals surface area contributed by atoms with E-state index in [1.165, 1.54) is 11.1 Å². The zero-order valence-corrected chi connectivity index (χ0v) is 23.3. The van der Waals surface area contributed by atoms with Crippen LogP contribution in [0.25, 0.3) is 27.8 Å². The molecule has 5 aromatic rings. The van der Waals surface area contributed by atoms with Crippen LogP contribution in [0, 0.1) is 6.92 Å². The highest BCUT2D eigenvalue weighted by molar-refractivity contribution is 6.98. The normalized spacial score (nSPS) is 13.1. The molecule has 41 heavy (non-hydrogen) atoms. The van der Waals surface area contributed by atoms with Crippen LogP contribution in [0.15, 0.2) is 134 Å². The average Bonchev–Trinajstić information content (AvgIpc) is 3.01. The Morgan fingerprint density at radius 1 is 0.659 bits per heavy atom. The first-order valence-electron chi connectivity index (χ1n) is 14.0. The zero-order valence-electron chi connectivity index (χ0n) is 23.3. The molecule has 0 fully saturated rings. The predicted molar refractivity (Wildman–Crippen MR) is 173 cm³/mol. The molecular formula is C38H29BO2. The van der Waals surface area contributed by atoms with Gasteiger partial charge in [-0.2, -0.15) is 0 Å². The van der Waals surface area contributed by atoms with Crippen LogP contribution in [-0.4, -0.2) is 6.71 Å². The Bertz CT molecular complexity index is 1900. The molecule has 0 bridgehead atoms. The largest absolute Gasteiger partial charge is 0.458 e. The van der Waals surface area contributed by atoms with Crippen molar-refractivity contribution in [2.45, 2.75) is 13.8 Å². The van der Waals surface area contributed by atoms with Crippen LogP contribution >= 0.6 is 0 Å². The SMILES string of the molecule is C=C/C(C)=C(\C=C)c1ccc2c(c1)Oc1ccc(-c3ccccc3)c3c1B2c1ccc(-c2ccccc2C)cc1O3. The molecule has 2 nitrogen and oxygen atoms in total. The number of ether oxygens (including phenoxy) is 2. The van der Waals surface area contributed by atoms with E-state index in [2.05, 4.69) is 124 Å². The standard InChI is InChI=1S/C38H29BO2/c1-5-24(3)29(6-2)27-16-19-32-35(22-27)40-34-21-18-31(26-13-8-7-9-14-26)38-37(34)39(32)33-20-17-28(23-36(33)41-38)30-15-11-10-12-25(30)4/h5-23H,1-2H2,3-4H3/b29-24+. The van der Waals surface area contributed by atoms with Crippen LogP contribution in [0.5, 0.6) is 23.0 Å². The minimum absolute atomic E-state index is 0.0206. The predicted octanol–water partition coefficient (Wildman–Crippen LogP) is 8.20. The van der Waals surface area contributed by atoms with Gasteiger partial charge in [0.1, 0.15) is 23.0 Å². The first kappa shape index (κ1) is 25.0. The number of fused-ring (bicyclic) bond motifs is 4. The summed E-state index contributed by atoms with van der Waals surface area (Å²) in [7, 11) is 0. The molecule has 0 amide bonds. The molecule has 2 heterocycles. The molecule has 0 unspecified atom stereocenters. The van der Waals surface area contributed by atoms with Crippen molar-refractivity contribution in [2.24, 2.45) is 0 Å². The fraction of sp³-hybridized carbons (Fsp3) is 0.0526. The van der Waals surface area contributed by atoms with E-state index in [1.54, 1.807) is 0 Å². The molecule has 0 aromatic heterocycles. The first-order valence-corrected chi connectivity index (χ1v) is 14.0. The zero-order chi connectivity index (χ0) is 28.1. The summed E-state index contributed by atoms with van der Waals surface area (Å²) < 4.78 is 13.5. The van der Waals surface area contributed by atoms with Gasteiger partial charge in [0.05, 0.1) is 0 Å². The summed E-state index contributed by atoms with van der Waals surface area (Å²) in [5, 5.41) is 0. The number of hydrogen-bond acceptors (Lipinski definition) is 2. The van der Waals surface area contributed by atoms with Gasteiger partial charge in [-0.3, -0.25) is 0 Å². The van der Waals surface area contributed by atoms with Gasteiger partial charge in [-0.25, -0.2) is 0 Å². The van der Waals surface area contributed by atoms with E-state index in [-0.39, 0.29) is 6.71 Å². The molecule has 0 aliphatic carbocycles. The van der Waals surface area contributed by atoms with Gasteiger partial charge in [0.15, 0.2) is 0 Å². The van der Waals surface area contributed by atoms with Gasteiger partial charge in [-0.05, 0) is 88.0 Å². The Morgan fingerprint density at radius 3 is 2.15 bits per heavy atom. The van der Waals surface area contributed by atoms with Gasteiger partial charge in [-0.1, -0.05) is 104 Å². The summed E-state index contributed by atoms with van der Waals surface area (Å²) in [6, 6.07) is 36.2. The van der Waals surface area contributed by atoms with Gasteiger partial charge in [0.2, 0.25) is 0 Å². The van der Waals surface area contributed by atoms with Crippen molar-refractivity contribution in [2.75, 3.05) is 0 Å². The summed E-state index contributed by atoms with van der Waals surface area (Å²) in [5.41, 5.74) is 12.3. The third-order valence-corrected chi connectivity index (χ3v) is 8.31. The molecule has 0 N–H and O–H groups in total. The summed E-state index contributed by atoms with van der Waals surface area (Å²) in [6.45, 7) is 12.2. The number of aryl methyl sites for hydroxylation is 1. The van der Waals surface area contributed by atoms with E-state index < -0.39 is 0 Å². The van der Waals surface area contributed by atoms with E-state index >= 15 is 0 Å². The van der Waals surface area contributed by atoms with Crippen molar-refractivity contribution < 1.29 is 9.47 Å². The van der Waals surface area contributed by atoms with Crippen LogP contribution in [0.3, 0.4) is 0 Å². The molecule has 196 valence electrons. The third kappa shape index (κ3) is 4.05. The molecule has 2 aliphatic heterocycles. The highest BCUT2D eigenvalue weighted by atomic mass is 16.5. The van der Waals surface area contributed by atoms with Gasteiger partial charge in [0.25, 0.3) is 6.71 Å². The van der Waals surface area contributed by atoms with Crippen LogP contribution in [0.4, 0.5) is 0 Å². The fourth-order valence-corrected chi connectivity index (χ4v) is 6.18. The fourth-order valence-electron chi connectivity index (χ4n) is 6.18. The Hall–Kier alpha value is -5.02. The minimum atomic E-state index is -0.0206. The van der Waals surface area contributed by atoms with E-state index in [0.29, 0.717) is 0 Å². The van der Waals surface area contributed by atoms with Gasteiger partial charge >= 0.3 is 0 Å². The summed E-state index contributed by atoms with van der Waals surface area (Å²) in [5.74, 6) is 3.42. The van der Waals surface area contributed by atoms with E-state index in [9.17, 15) is 0 Å². The second kappa shape index (κ2) is 9.87. The number of allylic oxidation sites excluding steroid dienone is 4. The Balaban J connectivity index is 1.46. The molecule has 7 rings (SSSR count). The maximum absolute atomic E-state index is 6.84. The minimum Gasteiger partial charge on any atom is -0.458 e. The number of rotatable bonds is 5. The lowest BCUT2D eigenvalue weighted by molar-refractivity contribution is 0.465.